The van der Waals surface area contributed by atoms with Crippen LogP contribution >= 0.6 is 0 Å². The predicted molar refractivity (Wildman–Crippen MR) is 70.3 cm³/mol. The largest absolute Gasteiger partial charge is 0.491 e. The SMILES string of the molecule is CCCCCNCC(O)COc1ccccc1. The number of unbranched alkanes of at least 4 members (excludes halogenated alkanes) is 2. The zero-order valence-corrected chi connectivity index (χ0v) is 10.6. The van der Waals surface area contributed by atoms with Crippen molar-refractivity contribution in [1.82, 2.24) is 5.32 Å². The standard InChI is InChI=1S/C14H23NO2/c1-2-3-7-10-15-11-13(16)12-17-14-8-5-4-6-9-14/h4-6,8-9,13,15-16H,2-3,7,10-12H2,1H3. The molecule has 3 heteroatoms. The number of rotatable bonds is 9. The van der Waals surface area contributed by atoms with E-state index in [2.05, 4.69) is 12.2 Å². The first-order valence-corrected chi connectivity index (χ1v) is 6.39. The van der Waals surface area contributed by atoms with Gasteiger partial charge >= 0.3 is 0 Å². The van der Waals surface area contributed by atoms with Gasteiger partial charge in [0.2, 0.25) is 0 Å². The Labute approximate surface area is 104 Å². The van der Waals surface area contributed by atoms with Crippen molar-refractivity contribution < 1.29 is 9.84 Å². The summed E-state index contributed by atoms with van der Waals surface area (Å²) in [4.78, 5) is 0. The maximum absolute atomic E-state index is 9.68. The molecule has 3 nitrogen and oxygen atoms in total. The van der Waals surface area contributed by atoms with E-state index in [-0.39, 0.29) is 0 Å². The van der Waals surface area contributed by atoms with Crippen molar-refractivity contribution in [2.75, 3.05) is 19.7 Å². The highest BCUT2D eigenvalue weighted by Gasteiger charge is 2.04. The van der Waals surface area contributed by atoms with E-state index in [0.717, 1.165) is 12.3 Å². The van der Waals surface area contributed by atoms with E-state index in [0.29, 0.717) is 13.2 Å². The Balaban J connectivity index is 2.03. The zero-order chi connectivity index (χ0) is 12.3. The van der Waals surface area contributed by atoms with Gasteiger partial charge in [-0.1, -0.05) is 38.0 Å². The van der Waals surface area contributed by atoms with Crippen LogP contribution in [0.5, 0.6) is 5.75 Å². The van der Waals surface area contributed by atoms with Crippen LogP contribution in [0.15, 0.2) is 30.3 Å². The molecule has 0 heterocycles. The summed E-state index contributed by atoms with van der Waals surface area (Å²) in [6, 6.07) is 9.57. The van der Waals surface area contributed by atoms with E-state index < -0.39 is 6.10 Å². The molecule has 0 amide bonds. The lowest BCUT2D eigenvalue weighted by Crippen LogP contribution is -2.31. The van der Waals surface area contributed by atoms with E-state index in [1.165, 1.54) is 19.3 Å². The highest BCUT2D eigenvalue weighted by Crippen LogP contribution is 2.08. The zero-order valence-electron chi connectivity index (χ0n) is 10.6. The maximum atomic E-state index is 9.68. The van der Waals surface area contributed by atoms with Gasteiger partial charge in [-0.3, -0.25) is 0 Å². The fourth-order valence-electron chi connectivity index (χ4n) is 1.54. The lowest BCUT2D eigenvalue weighted by molar-refractivity contribution is 0.106. The Morgan fingerprint density at radius 3 is 2.71 bits per heavy atom. The van der Waals surface area contributed by atoms with Gasteiger partial charge in [0.25, 0.3) is 0 Å². The molecular formula is C14H23NO2. The molecule has 0 spiro atoms. The van der Waals surface area contributed by atoms with E-state index in [1.54, 1.807) is 0 Å². The minimum atomic E-state index is -0.447. The van der Waals surface area contributed by atoms with Gasteiger partial charge in [0.15, 0.2) is 0 Å². The van der Waals surface area contributed by atoms with Gasteiger partial charge in [-0.2, -0.15) is 0 Å². The van der Waals surface area contributed by atoms with Crippen LogP contribution in [0.1, 0.15) is 26.2 Å². The molecule has 1 atom stereocenters. The molecule has 0 aliphatic carbocycles. The minimum absolute atomic E-state index is 0.338. The molecular weight excluding hydrogens is 214 g/mol. The Hall–Kier alpha value is -1.06. The number of hydrogen-bond acceptors (Lipinski definition) is 3. The third kappa shape index (κ3) is 6.97. The normalized spacial score (nSPS) is 12.4. The first-order chi connectivity index (χ1) is 8.33. The van der Waals surface area contributed by atoms with Gasteiger partial charge in [-0.15, -0.1) is 0 Å². The van der Waals surface area contributed by atoms with Gasteiger partial charge in [0.1, 0.15) is 18.5 Å². The molecule has 0 fully saturated rings. The lowest BCUT2D eigenvalue weighted by atomic mass is 10.2. The number of ether oxygens (including phenoxy) is 1. The first kappa shape index (κ1) is 14.0. The molecule has 1 aromatic carbocycles. The van der Waals surface area contributed by atoms with Gasteiger partial charge in [-0.25, -0.2) is 0 Å². The number of nitrogens with one attached hydrogen (secondary N) is 1. The van der Waals surface area contributed by atoms with Crippen LogP contribution in [0.3, 0.4) is 0 Å². The van der Waals surface area contributed by atoms with Crippen molar-refractivity contribution in [3.63, 3.8) is 0 Å². The van der Waals surface area contributed by atoms with E-state index >= 15 is 0 Å². The smallest absolute Gasteiger partial charge is 0.119 e. The minimum Gasteiger partial charge on any atom is -0.491 e. The molecule has 17 heavy (non-hydrogen) atoms. The van der Waals surface area contributed by atoms with Crippen LogP contribution in [-0.4, -0.2) is 30.9 Å². The molecule has 0 aromatic heterocycles. The fraction of sp³-hybridized carbons (Fsp3) is 0.571. The summed E-state index contributed by atoms with van der Waals surface area (Å²) in [6.07, 6.45) is 3.19. The van der Waals surface area contributed by atoms with E-state index in [4.69, 9.17) is 4.74 Å². The molecule has 0 saturated carbocycles. The highest BCUT2D eigenvalue weighted by molar-refractivity contribution is 5.20. The van der Waals surface area contributed by atoms with Gasteiger partial charge in [0, 0.05) is 6.54 Å². The second-order valence-electron chi connectivity index (χ2n) is 4.19. The summed E-state index contributed by atoms with van der Waals surface area (Å²) < 4.78 is 5.46. The van der Waals surface area contributed by atoms with Crippen molar-refractivity contribution in [1.29, 1.82) is 0 Å². The van der Waals surface area contributed by atoms with Crippen LogP contribution in [0.2, 0.25) is 0 Å². The van der Waals surface area contributed by atoms with Crippen molar-refractivity contribution in [2.45, 2.75) is 32.3 Å². The Bertz CT molecular complexity index is 277. The topological polar surface area (TPSA) is 41.5 Å². The molecule has 2 N–H and O–H groups in total. The van der Waals surface area contributed by atoms with Crippen molar-refractivity contribution in [3.8, 4) is 5.75 Å². The number of hydrogen-bond donors (Lipinski definition) is 2. The molecule has 0 aliphatic rings. The quantitative estimate of drug-likeness (QED) is 0.647. The van der Waals surface area contributed by atoms with E-state index in [9.17, 15) is 5.11 Å². The summed E-state index contributed by atoms with van der Waals surface area (Å²) in [5.41, 5.74) is 0. The molecule has 1 unspecified atom stereocenters. The van der Waals surface area contributed by atoms with Crippen LogP contribution < -0.4 is 10.1 Å². The van der Waals surface area contributed by atoms with Crippen LogP contribution in [0.25, 0.3) is 0 Å². The summed E-state index contributed by atoms with van der Waals surface area (Å²) in [6.45, 7) is 4.08. The fourth-order valence-corrected chi connectivity index (χ4v) is 1.54. The maximum Gasteiger partial charge on any atom is 0.119 e. The molecule has 0 bridgehead atoms. The Kier molecular flexibility index (Phi) is 7.43. The average molecular weight is 237 g/mol. The number of para-hydroxylation sites is 1. The number of aliphatic hydroxyl groups excluding tert-OH is 1. The molecule has 0 saturated heterocycles. The summed E-state index contributed by atoms with van der Waals surface area (Å²) in [7, 11) is 0. The van der Waals surface area contributed by atoms with Crippen molar-refractivity contribution in [2.24, 2.45) is 0 Å². The summed E-state index contributed by atoms with van der Waals surface area (Å²) in [5.74, 6) is 0.803. The number of benzene rings is 1. The molecule has 96 valence electrons. The third-order valence-electron chi connectivity index (χ3n) is 2.52. The molecule has 1 rings (SSSR count). The second kappa shape index (κ2) is 9.02. The predicted octanol–water partition coefficient (Wildman–Crippen LogP) is 2.21. The summed E-state index contributed by atoms with van der Waals surface area (Å²) >= 11 is 0. The second-order valence-corrected chi connectivity index (χ2v) is 4.19. The van der Waals surface area contributed by atoms with Crippen LogP contribution in [0, 0.1) is 0 Å². The van der Waals surface area contributed by atoms with Gasteiger partial charge in [0.05, 0.1) is 0 Å². The molecule has 0 radical (unpaired) electrons. The van der Waals surface area contributed by atoms with Crippen LogP contribution in [0.4, 0.5) is 0 Å². The van der Waals surface area contributed by atoms with Crippen molar-refractivity contribution in [3.05, 3.63) is 30.3 Å². The third-order valence-corrected chi connectivity index (χ3v) is 2.52. The Morgan fingerprint density at radius 2 is 2.00 bits per heavy atom. The first-order valence-electron chi connectivity index (χ1n) is 6.39. The molecule has 0 aliphatic heterocycles. The average Bonchev–Trinajstić information content (AvgIpc) is 2.37. The van der Waals surface area contributed by atoms with E-state index in [1.807, 2.05) is 30.3 Å². The summed E-state index contributed by atoms with van der Waals surface area (Å²) in [5, 5.41) is 12.9. The molecule has 1 aromatic rings. The van der Waals surface area contributed by atoms with Gasteiger partial charge < -0.3 is 15.2 Å². The lowest BCUT2D eigenvalue weighted by Gasteiger charge is -2.13. The van der Waals surface area contributed by atoms with Crippen LogP contribution in [-0.2, 0) is 0 Å². The monoisotopic (exact) mass is 237 g/mol. The van der Waals surface area contributed by atoms with Gasteiger partial charge in [-0.05, 0) is 25.1 Å². The van der Waals surface area contributed by atoms with Crippen molar-refractivity contribution >= 4 is 0 Å². The Morgan fingerprint density at radius 1 is 1.24 bits per heavy atom. The number of aliphatic hydroxyl groups is 1. The highest BCUT2D eigenvalue weighted by atomic mass is 16.5.